The number of carbonyl (C=O) groups excluding carboxylic acids is 1. The molecule has 1 heterocycles. The molecule has 0 bridgehead atoms. The van der Waals surface area contributed by atoms with E-state index in [2.05, 4.69) is 4.98 Å². The van der Waals surface area contributed by atoms with Gasteiger partial charge in [-0.25, -0.2) is 4.98 Å². The van der Waals surface area contributed by atoms with Gasteiger partial charge < -0.3 is 19.6 Å². The van der Waals surface area contributed by atoms with Gasteiger partial charge in [-0.2, -0.15) is 13.2 Å². The van der Waals surface area contributed by atoms with Crippen LogP contribution >= 0.6 is 0 Å². The summed E-state index contributed by atoms with van der Waals surface area (Å²) >= 11 is 0. The van der Waals surface area contributed by atoms with Gasteiger partial charge in [0.25, 0.3) is 0 Å². The van der Waals surface area contributed by atoms with Crippen LogP contribution in [-0.2, 0) is 17.4 Å². The first-order valence-corrected chi connectivity index (χ1v) is 4.15. The Labute approximate surface area is 88.1 Å². The first kappa shape index (κ1) is 12.5. The van der Waals surface area contributed by atoms with Gasteiger partial charge in [0.15, 0.2) is 0 Å². The summed E-state index contributed by atoms with van der Waals surface area (Å²) < 4.78 is 38.7. The number of carbonyl (C=O) groups is 1. The predicted octanol–water partition coefficient (Wildman–Crippen LogP) is -0.690. The number of carboxylic acid groups (broad SMARTS) is 1. The summed E-state index contributed by atoms with van der Waals surface area (Å²) in [7, 11) is 1.22. The van der Waals surface area contributed by atoms with Gasteiger partial charge in [0.05, 0.1) is 0 Å². The van der Waals surface area contributed by atoms with Crippen molar-refractivity contribution in [2.45, 2.75) is 18.2 Å². The summed E-state index contributed by atoms with van der Waals surface area (Å²) in [5.41, 5.74) is -3.54. The second-order valence-electron chi connectivity index (χ2n) is 3.27. The van der Waals surface area contributed by atoms with Gasteiger partial charge in [0.1, 0.15) is 5.82 Å². The quantitative estimate of drug-likeness (QED) is 0.754. The van der Waals surface area contributed by atoms with Crippen molar-refractivity contribution in [2.75, 3.05) is 0 Å². The largest absolute Gasteiger partial charge is 0.550 e. The fourth-order valence-corrected chi connectivity index (χ4v) is 1.28. The maximum atomic E-state index is 12.6. The molecule has 0 spiro atoms. The lowest BCUT2D eigenvalue weighted by Gasteiger charge is -2.30. The molecule has 1 atom stereocenters. The molecular weight excluding hydrogens is 229 g/mol. The van der Waals surface area contributed by atoms with Gasteiger partial charge in [-0.3, -0.25) is 0 Å². The van der Waals surface area contributed by atoms with Crippen molar-refractivity contribution in [3.8, 4) is 0 Å². The van der Waals surface area contributed by atoms with E-state index in [-0.39, 0.29) is 0 Å². The van der Waals surface area contributed by atoms with Crippen molar-refractivity contribution in [2.24, 2.45) is 7.05 Å². The molecule has 0 radical (unpaired) electrons. The Bertz CT molecular complexity index is 401. The molecule has 0 aliphatic heterocycles. The molecule has 0 aliphatic rings. The molecule has 8 heteroatoms. The zero-order valence-corrected chi connectivity index (χ0v) is 8.15. The van der Waals surface area contributed by atoms with Crippen LogP contribution in [0.15, 0.2) is 12.4 Å². The van der Waals surface area contributed by atoms with Gasteiger partial charge in [0.2, 0.25) is 5.60 Å². The molecule has 5 nitrogen and oxygen atoms in total. The number of alkyl halides is 3. The number of carboxylic acids is 1. The second kappa shape index (κ2) is 3.78. The Balaban J connectivity index is 3.26. The number of imidazole rings is 1. The van der Waals surface area contributed by atoms with E-state index in [1.54, 1.807) is 0 Å². The van der Waals surface area contributed by atoms with Crippen molar-refractivity contribution < 1.29 is 28.2 Å². The highest BCUT2D eigenvalue weighted by molar-refractivity contribution is 5.66. The fraction of sp³-hybridized carbons (Fsp3) is 0.500. The van der Waals surface area contributed by atoms with Gasteiger partial charge in [-0.1, -0.05) is 0 Å². The summed E-state index contributed by atoms with van der Waals surface area (Å²) in [6.07, 6.45) is -4.55. The van der Waals surface area contributed by atoms with Crippen molar-refractivity contribution in [1.82, 2.24) is 9.55 Å². The molecule has 0 unspecified atom stereocenters. The van der Waals surface area contributed by atoms with Gasteiger partial charge in [-0.15, -0.1) is 0 Å². The molecule has 0 saturated heterocycles. The van der Waals surface area contributed by atoms with Crippen molar-refractivity contribution >= 4 is 5.97 Å². The molecular formula is C8H8F3N2O3-. The van der Waals surface area contributed by atoms with E-state index in [9.17, 15) is 28.2 Å². The van der Waals surface area contributed by atoms with Crippen LogP contribution in [0.5, 0.6) is 0 Å². The number of aromatic nitrogens is 2. The molecule has 1 aromatic heterocycles. The predicted molar refractivity (Wildman–Crippen MR) is 42.8 cm³/mol. The Morgan fingerprint density at radius 3 is 2.50 bits per heavy atom. The minimum Gasteiger partial charge on any atom is -0.550 e. The van der Waals surface area contributed by atoms with E-state index in [0.717, 1.165) is 10.8 Å². The van der Waals surface area contributed by atoms with Crippen LogP contribution in [0.25, 0.3) is 0 Å². The van der Waals surface area contributed by atoms with Crippen LogP contribution in [0.4, 0.5) is 13.2 Å². The number of aliphatic carboxylic acids is 1. The summed E-state index contributed by atoms with van der Waals surface area (Å²) in [5.74, 6) is -2.80. The minimum absolute atomic E-state index is 0.788. The van der Waals surface area contributed by atoms with Crippen LogP contribution in [0.2, 0.25) is 0 Å². The molecule has 0 aromatic carbocycles. The molecule has 1 N–H and O–H groups in total. The monoisotopic (exact) mass is 237 g/mol. The molecule has 1 rings (SSSR count). The van der Waals surface area contributed by atoms with Gasteiger partial charge in [0, 0.05) is 31.8 Å². The number of rotatable bonds is 3. The number of aliphatic hydroxyl groups is 1. The van der Waals surface area contributed by atoms with Crippen LogP contribution < -0.4 is 5.11 Å². The van der Waals surface area contributed by atoms with E-state index in [4.69, 9.17) is 0 Å². The lowest BCUT2D eigenvalue weighted by Crippen LogP contribution is -2.48. The first-order chi connectivity index (χ1) is 7.18. The third-order valence-electron chi connectivity index (χ3n) is 2.06. The maximum absolute atomic E-state index is 12.6. The molecule has 16 heavy (non-hydrogen) atoms. The number of nitrogens with zero attached hydrogens (tertiary/aromatic N) is 2. The van der Waals surface area contributed by atoms with E-state index in [0.29, 0.717) is 0 Å². The Morgan fingerprint density at radius 1 is 1.62 bits per heavy atom. The van der Waals surface area contributed by atoms with Crippen LogP contribution in [0.3, 0.4) is 0 Å². The van der Waals surface area contributed by atoms with Crippen LogP contribution in [0, 0.1) is 0 Å². The molecule has 90 valence electrons. The number of hydrogen-bond acceptors (Lipinski definition) is 4. The minimum atomic E-state index is -5.15. The van der Waals surface area contributed by atoms with E-state index in [1.807, 2.05) is 0 Å². The first-order valence-electron chi connectivity index (χ1n) is 4.15. The fourth-order valence-electron chi connectivity index (χ4n) is 1.28. The van der Waals surface area contributed by atoms with E-state index >= 15 is 0 Å². The number of hydrogen-bond donors (Lipinski definition) is 1. The van der Waals surface area contributed by atoms with Crippen molar-refractivity contribution in [1.29, 1.82) is 0 Å². The SMILES string of the molecule is Cn1ccnc1[C@](O)(CC(=O)[O-])C(F)(F)F. The zero-order valence-electron chi connectivity index (χ0n) is 8.15. The topological polar surface area (TPSA) is 78.2 Å². The molecule has 0 amide bonds. The maximum Gasteiger partial charge on any atom is 0.424 e. The molecule has 0 saturated carbocycles. The Hall–Kier alpha value is -1.57. The normalized spacial score (nSPS) is 15.8. The van der Waals surface area contributed by atoms with Crippen molar-refractivity contribution in [3.63, 3.8) is 0 Å². The van der Waals surface area contributed by atoms with Crippen molar-refractivity contribution in [3.05, 3.63) is 18.2 Å². The summed E-state index contributed by atoms with van der Waals surface area (Å²) in [5, 5.41) is 19.7. The standard InChI is InChI=1S/C8H9F3N2O3/c1-13-3-2-12-6(13)7(16,4-5(14)15)8(9,10)11/h2-3,16H,4H2,1H3,(H,14,15)/p-1/t7-/m1/s1. The molecule has 0 fully saturated rings. The highest BCUT2D eigenvalue weighted by Gasteiger charge is 2.57. The average Bonchev–Trinajstić information content (AvgIpc) is 2.48. The lowest BCUT2D eigenvalue weighted by molar-refractivity contribution is -0.325. The van der Waals surface area contributed by atoms with Gasteiger partial charge >= 0.3 is 6.18 Å². The third kappa shape index (κ3) is 2.01. The van der Waals surface area contributed by atoms with E-state index in [1.165, 1.54) is 13.2 Å². The smallest absolute Gasteiger partial charge is 0.424 e. The number of halogens is 3. The summed E-state index contributed by atoms with van der Waals surface area (Å²) in [6.45, 7) is 0. The highest BCUT2D eigenvalue weighted by Crippen LogP contribution is 2.40. The Kier molecular flexibility index (Phi) is 2.95. The highest BCUT2D eigenvalue weighted by atomic mass is 19.4. The Morgan fingerprint density at radius 2 is 2.19 bits per heavy atom. The summed E-state index contributed by atoms with van der Waals surface area (Å²) in [4.78, 5) is 13.6. The third-order valence-corrected chi connectivity index (χ3v) is 2.06. The average molecular weight is 237 g/mol. The van der Waals surface area contributed by atoms with E-state index < -0.39 is 30.0 Å². The lowest BCUT2D eigenvalue weighted by atomic mass is 9.98. The zero-order chi connectivity index (χ0) is 12.6. The second-order valence-corrected chi connectivity index (χ2v) is 3.27. The summed E-state index contributed by atoms with van der Waals surface area (Å²) in [6, 6.07) is 0. The number of aryl methyl sites for hydroxylation is 1. The molecule has 0 aliphatic carbocycles. The molecule has 1 aromatic rings. The van der Waals surface area contributed by atoms with Crippen LogP contribution in [-0.4, -0.2) is 26.8 Å². The van der Waals surface area contributed by atoms with Gasteiger partial charge in [-0.05, 0) is 0 Å². The van der Waals surface area contributed by atoms with Crippen LogP contribution in [0.1, 0.15) is 12.2 Å².